The van der Waals surface area contributed by atoms with Gasteiger partial charge in [0.2, 0.25) is 5.95 Å². The van der Waals surface area contributed by atoms with Crippen molar-refractivity contribution in [2.24, 2.45) is 0 Å². The number of aryl methyl sites for hydroxylation is 1. The van der Waals surface area contributed by atoms with Gasteiger partial charge in [0, 0.05) is 48.1 Å². The molecule has 0 aliphatic heterocycles. The zero-order valence-corrected chi connectivity index (χ0v) is 23.0. The summed E-state index contributed by atoms with van der Waals surface area (Å²) in [6.07, 6.45) is 15.5. The number of rotatable bonds is 9. The van der Waals surface area contributed by atoms with E-state index >= 15 is 0 Å². The van der Waals surface area contributed by atoms with Gasteiger partial charge in [0.25, 0.3) is 0 Å². The number of nitrogens with zero attached hydrogens (tertiary/aromatic N) is 5. The molecule has 37 heavy (non-hydrogen) atoms. The van der Waals surface area contributed by atoms with E-state index in [1.54, 1.807) is 18.5 Å². The molecule has 1 aliphatic carbocycles. The van der Waals surface area contributed by atoms with E-state index in [1.165, 1.54) is 31.3 Å². The van der Waals surface area contributed by atoms with Gasteiger partial charge < -0.3 is 10.2 Å². The molecule has 1 fully saturated rings. The predicted molar refractivity (Wildman–Crippen MR) is 148 cm³/mol. The second-order valence-electron chi connectivity index (χ2n) is 9.54. The maximum absolute atomic E-state index is 12.8. The fourth-order valence-corrected chi connectivity index (χ4v) is 6.29. The number of nitrogens with one attached hydrogen (secondary N) is 1. The summed E-state index contributed by atoms with van der Waals surface area (Å²) in [5.41, 5.74) is 3.07. The van der Waals surface area contributed by atoms with Crippen molar-refractivity contribution < 1.29 is 8.42 Å². The lowest BCUT2D eigenvalue weighted by Gasteiger charge is -2.32. The monoisotopic (exact) mass is 540 g/mol. The fraction of sp³-hybridized carbons (Fsp3) is 0.407. The van der Waals surface area contributed by atoms with Gasteiger partial charge in [0.1, 0.15) is 4.90 Å². The van der Waals surface area contributed by atoms with Gasteiger partial charge in [-0.2, -0.15) is 0 Å². The molecule has 3 aromatic heterocycles. The summed E-state index contributed by atoms with van der Waals surface area (Å²) < 4.78 is 25.6. The van der Waals surface area contributed by atoms with Crippen molar-refractivity contribution in [3.8, 4) is 0 Å². The molecule has 0 atom stereocenters. The van der Waals surface area contributed by atoms with Crippen LogP contribution in [-0.2, 0) is 22.0 Å². The predicted octanol–water partition coefficient (Wildman–Crippen LogP) is 4.91. The third-order valence-electron chi connectivity index (χ3n) is 6.70. The summed E-state index contributed by atoms with van der Waals surface area (Å²) in [4.78, 5) is 19.8. The third kappa shape index (κ3) is 7.12. The lowest BCUT2D eigenvalue weighted by atomic mass is 9.91. The average molecular weight is 541 g/mol. The molecular weight excluding hydrogens is 508 g/mol. The first-order chi connectivity index (χ1) is 17.7. The van der Waals surface area contributed by atoms with E-state index in [9.17, 15) is 8.42 Å². The van der Waals surface area contributed by atoms with Crippen LogP contribution in [0.15, 0.2) is 47.9 Å². The molecule has 3 aromatic rings. The van der Waals surface area contributed by atoms with Crippen molar-refractivity contribution in [3.63, 3.8) is 0 Å². The van der Waals surface area contributed by atoms with E-state index in [0.29, 0.717) is 30.1 Å². The second kappa shape index (κ2) is 12.1. The van der Waals surface area contributed by atoms with Gasteiger partial charge >= 0.3 is 0 Å². The lowest BCUT2D eigenvalue weighted by Crippen LogP contribution is -2.36. The Kier molecular flexibility index (Phi) is 8.89. The number of hydrogen-bond donors (Lipinski definition) is 1. The van der Waals surface area contributed by atoms with Crippen LogP contribution in [0.3, 0.4) is 0 Å². The summed E-state index contributed by atoms with van der Waals surface area (Å²) >= 11 is 6.07. The summed E-state index contributed by atoms with van der Waals surface area (Å²) in [6, 6.07) is 6.16. The standard InChI is InChI=1S/C27H33ClN6O2S/c1-4-25-20(7-8-22(32-25)18-37(35,36)26-17-29-14-13-24(26)28)6-5-19-15-30-27(31-16-19)33-21-9-11-23(12-10-21)34(2)3/h5-8,13-17,21,23H,4,9-12,18H2,1-3H3,(H,30,31,33)/b6-5+. The molecule has 4 rings (SSSR count). The molecule has 8 nitrogen and oxygen atoms in total. The van der Waals surface area contributed by atoms with Gasteiger partial charge in [0.15, 0.2) is 9.84 Å². The van der Waals surface area contributed by atoms with E-state index in [2.05, 4.69) is 44.2 Å². The molecule has 0 spiro atoms. The Morgan fingerprint density at radius 3 is 2.43 bits per heavy atom. The van der Waals surface area contributed by atoms with Crippen LogP contribution in [0.5, 0.6) is 0 Å². The van der Waals surface area contributed by atoms with Crippen LogP contribution >= 0.6 is 11.6 Å². The Balaban J connectivity index is 1.39. The molecule has 10 heteroatoms. The first-order valence-corrected chi connectivity index (χ1v) is 14.5. The lowest BCUT2D eigenvalue weighted by molar-refractivity contribution is 0.221. The Labute approximate surface area is 224 Å². The summed E-state index contributed by atoms with van der Waals surface area (Å²) in [6.45, 7) is 1.99. The zero-order chi connectivity index (χ0) is 26.4. The summed E-state index contributed by atoms with van der Waals surface area (Å²) in [5, 5.41) is 3.62. The molecule has 1 aliphatic rings. The highest BCUT2D eigenvalue weighted by molar-refractivity contribution is 7.90. The number of anilines is 1. The highest BCUT2D eigenvalue weighted by Crippen LogP contribution is 2.25. The summed E-state index contributed by atoms with van der Waals surface area (Å²) in [7, 11) is 0.632. The third-order valence-corrected chi connectivity index (χ3v) is 8.81. The van der Waals surface area contributed by atoms with E-state index in [-0.39, 0.29) is 15.7 Å². The molecule has 0 amide bonds. The van der Waals surface area contributed by atoms with Gasteiger partial charge in [-0.15, -0.1) is 0 Å². The molecular formula is C27H33ClN6O2S. The molecule has 196 valence electrons. The van der Waals surface area contributed by atoms with Crippen molar-refractivity contribution in [3.05, 3.63) is 70.5 Å². The van der Waals surface area contributed by atoms with Gasteiger partial charge in [0.05, 0.1) is 16.5 Å². The van der Waals surface area contributed by atoms with Crippen LogP contribution in [0, 0.1) is 0 Å². The van der Waals surface area contributed by atoms with Crippen LogP contribution in [0.25, 0.3) is 12.2 Å². The maximum atomic E-state index is 12.8. The molecule has 0 aromatic carbocycles. The molecule has 3 heterocycles. The van der Waals surface area contributed by atoms with Crippen molar-refractivity contribution in [1.29, 1.82) is 0 Å². The normalized spacial score (nSPS) is 18.4. The largest absolute Gasteiger partial charge is 0.351 e. The van der Waals surface area contributed by atoms with Gasteiger partial charge in [-0.05, 0) is 63.9 Å². The molecule has 1 saturated carbocycles. The first kappa shape index (κ1) is 27.2. The Hall–Kier alpha value is -2.88. The van der Waals surface area contributed by atoms with Gasteiger partial charge in [-0.25, -0.2) is 18.4 Å². The Morgan fingerprint density at radius 1 is 1.05 bits per heavy atom. The fourth-order valence-electron chi connectivity index (χ4n) is 4.54. The van der Waals surface area contributed by atoms with E-state index in [0.717, 1.165) is 29.7 Å². The summed E-state index contributed by atoms with van der Waals surface area (Å²) in [5.74, 6) is 0.412. The minimum absolute atomic E-state index is 0.0136. The van der Waals surface area contributed by atoms with Gasteiger partial charge in [-0.3, -0.25) is 9.97 Å². The number of hydrogen-bond acceptors (Lipinski definition) is 8. The smallest absolute Gasteiger partial charge is 0.222 e. The molecule has 0 unspecified atom stereocenters. The van der Waals surface area contributed by atoms with Crippen LogP contribution in [0.4, 0.5) is 5.95 Å². The van der Waals surface area contributed by atoms with Crippen LogP contribution < -0.4 is 5.32 Å². The minimum Gasteiger partial charge on any atom is -0.351 e. The van der Waals surface area contributed by atoms with Crippen LogP contribution in [0.2, 0.25) is 5.02 Å². The first-order valence-electron chi connectivity index (χ1n) is 12.5. The Bertz CT molecular complexity index is 1340. The van der Waals surface area contributed by atoms with Crippen molar-refractivity contribution in [1.82, 2.24) is 24.8 Å². The van der Waals surface area contributed by atoms with E-state index < -0.39 is 9.84 Å². The van der Waals surface area contributed by atoms with Crippen molar-refractivity contribution in [2.45, 2.75) is 61.8 Å². The van der Waals surface area contributed by atoms with Crippen molar-refractivity contribution in [2.75, 3.05) is 19.4 Å². The number of sulfone groups is 1. The van der Waals surface area contributed by atoms with Crippen LogP contribution in [-0.4, -0.2) is 59.4 Å². The van der Waals surface area contributed by atoms with E-state index in [1.807, 2.05) is 25.1 Å². The Morgan fingerprint density at radius 2 is 1.78 bits per heavy atom. The topological polar surface area (TPSA) is 101 Å². The maximum Gasteiger partial charge on any atom is 0.222 e. The molecule has 0 bridgehead atoms. The minimum atomic E-state index is -3.66. The SMILES string of the molecule is CCc1nc(CS(=O)(=O)c2cnccc2Cl)ccc1/C=C/c1cnc(NC2CCC(N(C)C)CC2)nc1. The molecule has 1 N–H and O–H groups in total. The zero-order valence-electron chi connectivity index (χ0n) is 21.4. The quantitative estimate of drug-likeness (QED) is 0.408. The highest BCUT2D eigenvalue weighted by Gasteiger charge is 2.23. The van der Waals surface area contributed by atoms with Gasteiger partial charge in [-0.1, -0.05) is 36.7 Å². The molecule has 0 radical (unpaired) electrons. The van der Waals surface area contributed by atoms with Crippen LogP contribution in [0.1, 0.15) is 55.1 Å². The van der Waals surface area contributed by atoms with Crippen molar-refractivity contribution >= 4 is 39.5 Å². The van der Waals surface area contributed by atoms with E-state index in [4.69, 9.17) is 11.6 Å². The number of halogens is 1. The second-order valence-corrected chi connectivity index (χ2v) is 11.9. The average Bonchev–Trinajstić information content (AvgIpc) is 2.89. The molecule has 0 saturated heterocycles. The highest BCUT2D eigenvalue weighted by atomic mass is 35.5. The number of aromatic nitrogens is 4. The number of pyridine rings is 2.